The summed E-state index contributed by atoms with van der Waals surface area (Å²) in [5.41, 5.74) is 1.15. The number of sulfonamides is 1. The number of hydrogen-bond donors (Lipinski definition) is 2. The fourth-order valence-electron chi connectivity index (χ4n) is 2.16. The maximum absolute atomic E-state index is 11.5. The van der Waals surface area contributed by atoms with Gasteiger partial charge in [-0.3, -0.25) is 0 Å². The van der Waals surface area contributed by atoms with Crippen molar-refractivity contribution < 1.29 is 8.42 Å². The average Bonchev–Trinajstić information content (AvgIpc) is 2.96. The number of hydrogen-bond acceptors (Lipinski definition) is 5. The molecule has 1 aromatic carbocycles. The van der Waals surface area contributed by atoms with Crippen LogP contribution in [0, 0.1) is 0 Å². The second-order valence-electron chi connectivity index (χ2n) is 5.18. The molecule has 0 aliphatic carbocycles. The van der Waals surface area contributed by atoms with Gasteiger partial charge < -0.3 is 10.2 Å². The van der Waals surface area contributed by atoms with E-state index in [4.69, 9.17) is 5.14 Å². The van der Waals surface area contributed by atoms with Gasteiger partial charge in [0.05, 0.1) is 4.90 Å². The van der Waals surface area contributed by atoms with Crippen LogP contribution in [0.25, 0.3) is 0 Å². The van der Waals surface area contributed by atoms with Crippen molar-refractivity contribution >= 4 is 27.0 Å². The molecule has 5 nitrogen and oxygen atoms in total. The van der Waals surface area contributed by atoms with Crippen LogP contribution in [0.1, 0.15) is 11.8 Å². The Kier molecular flexibility index (Phi) is 5.57. The van der Waals surface area contributed by atoms with E-state index in [1.54, 1.807) is 11.4 Å². The van der Waals surface area contributed by atoms with Crippen molar-refractivity contribution in [3.05, 3.63) is 46.7 Å². The Balaban J connectivity index is 1.90. The Hall–Kier alpha value is -1.41. The first-order valence-electron chi connectivity index (χ1n) is 6.97. The van der Waals surface area contributed by atoms with Gasteiger partial charge in [-0.05, 0) is 30.5 Å². The third kappa shape index (κ3) is 4.30. The maximum atomic E-state index is 11.5. The van der Waals surface area contributed by atoms with Gasteiger partial charge in [0.1, 0.15) is 0 Å². The van der Waals surface area contributed by atoms with Gasteiger partial charge in [0.15, 0.2) is 0 Å². The van der Waals surface area contributed by atoms with E-state index in [-0.39, 0.29) is 10.9 Å². The van der Waals surface area contributed by atoms with E-state index in [9.17, 15) is 8.42 Å². The molecule has 1 atom stereocenters. The highest BCUT2D eigenvalue weighted by atomic mass is 32.2. The molecule has 0 amide bonds. The molecule has 0 bridgehead atoms. The molecule has 0 fully saturated rings. The zero-order valence-electron chi connectivity index (χ0n) is 12.7. The number of nitrogens with zero attached hydrogens (tertiary/aromatic N) is 1. The van der Waals surface area contributed by atoms with Crippen molar-refractivity contribution in [1.29, 1.82) is 0 Å². The Labute approximate surface area is 135 Å². The molecular weight excluding hydrogens is 318 g/mol. The van der Waals surface area contributed by atoms with E-state index >= 15 is 0 Å². The van der Waals surface area contributed by atoms with Crippen LogP contribution < -0.4 is 15.4 Å². The first-order chi connectivity index (χ1) is 10.4. The minimum Gasteiger partial charge on any atom is -0.371 e. The molecule has 0 spiro atoms. The largest absolute Gasteiger partial charge is 0.371 e. The Morgan fingerprint density at radius 2 is 1.95 bits per heavy atom. The standard InChI is InChI=1S/C15H21N3O2S2/c1-12(18(2)13-6-4-3-5-7-13)10-17-11-14-15(8-9-21-14)22(16,19)20/h3-9,12,17H,10-11H2,1-2H3,(H2,16,19,20). The van der Waals surface area contributed by atoms with Crippen LogP contribution in [0.15, 0.2) is 46.7 Å². The maximum Gasteiger partial charge on any atom is 0.239 e. The van der Waals surface area contributed by atoms with E-state index in [1.807, 2.05) is 25.2 Å². The highest BCUT2D eigenvalue weighted by molar-refractivity contribution is 7.89. The molecule has 120 valence electrons. The lowest BCUT2D eigenvalue weighted by molar-refractivity contribution is 0.580. The number of primary sulfonamides is 1. The first-order valence-corrected chi connectivity index (χ1v) is 9.40. The molecule has 1 aromatic heterocycles. The van der Waals surface area contributed by atoms with Gasteiger partial charge >= 0.3 is 0 Å². The van der Waals surface area contributed by atoms with Gasteiger partial charge in [-0.15, -0.1) is 11.3 Å². The van der Waals surface area contributed by atoms with Crippen LogP contribution in [-0.4, -0.2) is 28.1 Å². The molecule has 2 rings (SSSR count). The summed E-state index contributed by atoms with van der Waals surface area (Å²) in [6, 6.07) is 12.0. The SMILES string of the molecule is CC(CNCc1sccc1S(N)(=O)=O)N(C)c1ccccc1. The average molecular weight is 339 g/mol. The summed E-state index contributed by atoms with van der Waals surface area (Å²) in [4.78, 5) is 3.15. The topological polar surface area (TPSA) is 75.4 Å². The lowest BCUT2D eigenvalue weighted by atomic mass is 10.2. The first kappa shape index (κ1) is 17.0. The summed E-state index contributed by atoms with van der Waals surface area (Å²) in [7, 11) is -1.60. The highest BCUT2D eigenvalue weighted by Crippen LogP contribution is 2.20. The van der Waals surface area contributed by atoms with Gasteiger partial charge in [0, 0.05) is 36.7 Å². The van der Waals surface area contributed by atoms with Crippen LogP contribution in [0.4, 0.5) is 5.69 Å². The lowest BCUT2D eigenvalue weighted by Gasteiger charge is -2.27. The summed E-state index contributed by atoms with van der Waals surface area (Å²) in [5.74, 6) is 0. The van der Waals surface area contributed by atoms with Crippen molar-refractivity contribution in [3.63, 3.8) is 0 Å². The number of likely N-dealkylation sites (N-methyl/N-ethyl adjacent to an activating group) is 1. The number of nitrogens with two attached hydrogens (primary N) is 1. The number of benzene rings is 1. The molecule has 1 unspecified atom stereocenters. The fraction of sp³-hybridized carbons (Fsp3) is 0.333. The molecule has 0 aliphatic rings. The second-order valence-corrected chi connectivity index (χ2v) is 7.71. The van der Waals surface area contributed by atoms with E-state index in [0.29, 0.717) is 6.54 Å². The smallest absolute Gasteiger partial charge is 0.239 e. The number of thiophene rings is 1. The molecule has 2 aromatic rings. The number of para-hydroxylation sites is 1. The number of rotatable bonds is 7. The molecule has 3 N–H and O–H groups in total. The fourth-order valence-corrected chi connectivity index (χ4v) is 4.12. The molecule has 0 aliphatic heterocycles. The number of nitrogens with one attached hydrogen (secondary N) is 1. The molecule has 1 heterocycles. The molecule has 7 heteroatoms. The Morgan fingerprint density at radius 3 is 2.59 bits per heavy atom. The lowest BCUT2D eigenvalue weighted by Crippen LogP contribution is -2.37. The van der Waals surface area contributed by atoms with Crippen LogP contribution in [0.5, 0.6) is 0 Å². The van der Waals surface area contributed by atoms with Gasteiger partial charge in [0.2, 0.25) is 10.0 Å². The van der Waals surface area contributed by atoms with Crippen LogP contribution in [-0.2, 0) is 16.6 Å². The van der Waals surface area contributed by atoms with Crippen molar-refractivity contribution in [2.24, 2.45) is 5.14 Å². The normalized spacial score (nSPS) is 13.0. The molecule has 0 radical (unpaired) electrons. The summed E-state index contributed by atoms with van der Waals surface area (Å²) >= 11 is 1.40. The predicted molar refractivity (Wildman–Crippen MR) is 91.7 cm³/mol. The summed E-state index contributed by atoms with van der Waals surface area (Å²) in [6.45, 7) is 3.36. The molecule has 0 saturated carbocycles. The van der Waals surface area contributed by atoms with Gasteiger partial charge in [-0.2, -0.15) is 0 Å². The van der Waals surface area contributed by atoms with E-state index in [2.05, 4.69) is 29.3 Å². The van der Waals surface area contributed by atoms with Crippen molar-refractivity contribution in [1.82, 2.24) is 5.32 Å². The highest BCUT2D eigenvalue weighted by Gasteiger charge is 2.15. The van der Waals surface area contributed by atoms with Crippen molar-refractivity contribution in [3.8, 4) is 0 Å². The van der Waals surface area contributed by atoms with E-state index in [0.717, 1.165) is 17.1 Å². The predicted octanol–water partition coefficient (Wildman–Crippen LogP) is 2.01. The third-order valence-electron chi connectivity index (χ3n) is 3.56. The minimum atomic E-state index is -3.64. The number of anilines is 1. The second kappa shape index (κ2) is 7.23. The van der Waals surface area contributed by atoms with Crippen LogP contribution in [0.3, 0.4) is 0 Å². The zero-order chi connectivity index (χ0) is 16.2. The van der Waals surface area contributed by atoms with E-state index in [1.165, 1.54) is 11.3 Å². The monoisotopic (exact) mass is 339 g/mol. The summed E-state index contributed by atoms with van der Waals surface area (Å²) in [6.07, 6.45) is 0. The van der Waals surface area contributed by atoms with Crippen molar-refractivity contribution in [2.75, 3.05) is 18.5 Å². The van der Waals surface area contributed by atoms with Gasteiger partial charge in [0.25, 0.3) is 0 Å². The van der Waals surface area contributed by atoms with Crippen LogP contribution in [0.2, 0.25) is 0 Å². The van der Waals surface area contributed by atoms with Gasteiger partial charge in [-0.25, -0.2) is 13.6 Å². The molecule has 22 heavy (non-hydrogen) atoms. The van der Waals surface area contributed by atoms with Crippen LogP contribution >= 0.6 is 11.3 Å². The van der Waals surface area contributed by atoms with E-state index < -0.39 is 10.0 Å². The van der Waals surface area contributed by atoms with Gasteiger partial charge in [-0.1, -0.05) is 18.2 Å². The molecule has 0 saturated heterocycles. The Bertz CT molecular complexity index is 699. The Morgan fingerprint density at radius 1 is 1.27 bits per heavy atom. The van der Waals surface area contributed by atoms with Crippen molar-refractivity contribution in [2.45, 2.75) is 24.4 Å². The summed E-state index contributed by atoms with van der Waals surface area (Å²) < 4.78 is 22.9. The summed E-state index contributed by atoms with van der Waals surface area (Å²) in [5, 5.41) is 10.2. The zero-order valence-corrected chi connectivity index (χ0v) is 14.3. The third-order valence-corrected chi connectivity index (χ3v) is 5.61. The molecular formula is C15H21N3O2S2. The quantitative estimate of drug-likeness (QED) is 0.809. The minimum absolute atomic E-state index is 0.217.